The summed E-state index contributed by atoms with van der Waals surface area (Å²) in [7, 11) is 0. The Morgan fingerprint density at radius 1 is 1.47 bits per heavy atom. The molecule has 0 aliphatic carbocycles. The first-order valence-corrected chi connectivity index (χ1v) is 6.44. The number of nitrogens with one attached hydrogen (secondary N) is 2. The molecular weight excluding hydrogens is 242 g/mol. The second kappa shape index (κ2) is 6.24. The number of aromatic amines is 1. The van der Waals surface area contributed by atoms with Gasteiger partial charge < -0.3 is 20.8 Å². The maximum Gasteiger partial charge on any atom is 0.407 e. The summed E-state index contributed by atoms with van der Waals surface area (Å²) in [5.41, 5.74) is 8.92. The van der Waals surface area contributed by atoms with Gasteiger partial charge in [0.05, 0.1) is 6.61 Å². The van der Waals surface area contributed by atoms with E-state index in [2.05, 4.69) is 16.4 Å². The Hall–Kier alpha value is -2.01. The lowest BCUT2D eigenvalue weighted by Gasteiger charge is -2.06. The highest BCUT2D eigenvalue weighted by atomic mass is 16.5. The lowest BCUT2D eigenvalue weighted by molar-refractivity contribution is 0.151. The van der Waals surface area contributed by atoms with Crippen molar-refractivity contribution in [1.82, 2.24) is 10.3 Å². The van der Waals surface area contributed by atoms with Crippen molar-refractivity contribution in [2.45, 2.75) is 19.9 Å². The summed E-state index contributed by atoms with van der Waals surface area (Å²) < 4.78 is 4.83. The van der Waals surface area contributed by atoms with Crippen LogP contribution in [0.3, 0.4) is 0 Å². The molecular formula is C14H19N3O2. The first kappa shape index (κ1) is 13.4. The number of nitrogens with two attached hydrogens (primary N) is 1. The highest BCUT2D eigenvalue weighted by molar-refractivity contribution is 5.84. The zero-order valence-corrected chi connectivity index (χ0v) is 11.0. The van der Waals surface area contributed by atoms with Gasteiger partial charge in [-0.1, -0.05) is 6.07 Å². The second-order valence-electron chi connectivity index (χ2n) is 4.31. The number of carbonyl (C=O) groups excluding carboxylic acids is 1. The predicted molar refractivity (Wildman–Crippen MR) is 74.9 cm³/mol. The van der Waals surface area contributed by atoms with E-state index < -0.39 is 0 Å². The Balaban J connectivity index is 2.11. The normalized spacial score (nSPS) is 10.6. The predicted octanol–water partition coefficient (Wildman–Crippen LogP) is 1.92. The number of H-pyrrole nitrogens is 1. The van der Waals surface area contributed by atoms with Crippen LogP contribution in [0.25, 0.3) is 10.9 Å². The molecule has 2 rings (SSSR count). The molecule has 0 atom stereocenters. The number of hydrogen-bond acceptors (Lipinski definition) is 3. The van der Waals surface area contributed by atoms with Crippen molar-refractivity contribution in [2.24, 2.45) is 5.73 Å². The minimum absolute atomic E-state index is 0.378. The summed E-state index contributed by atoms with van der Waals surface area (Å²) >= 11 is 0. The molecule has 1 amide bonds. The van der Waals surface area contributed by atoms with E-state index in [1.165, 1.54) is 5.56 Å². The SMILES string of the molecule is CCOC(=O)NCc1ccc2[nH]cc(CCN)c2c1. The number of hydrogen-bond donors (Lipinski definition) is 3. The molecule has 0 saturated heterocycles. The number of rotatable bonds is 5. The number of ether oxygens (including phenoxy) is 1. The number of aromatic nitrogens is 1. The largest absolute Gasteiger partial charge is 0.450 e. The summed E-state index contributed by atoms with van der Waals surface area (Å²) in [5, 5.41) is 3.87. The van der Waals surface area contributed by atoms with Crippen molar-refractivity contribution in [2.75, 3.05) is 13.2 Å². The fourth-order valence-electron chi connectivity index (χ4n) is 2.05. The third-order valence-electron chi connectivity index (χ3n) is 2.96. The number of fused-ring (bicyclic) bond motifs is 1. The molecule has 19 heavy (non-hydrogen) atoms. The number of alkyl carbamates (subject to hydrolysis) is 1. The molecule has 0 bridgehead atoms. The third-order valence-corrected chi connectivity index (χ3v) is 2.96. The lowest BCUT2D eigenvalue weighted by Crippen LogP contribution is -2.23. The summed E-state index contributed by atoms with van der Waals surface area (Å²) in [6, 6.07) is 6.07. The van der Waals surface area contributed by atoms with Gasteiger partial charge in [-0.15, -0.1) is 0 Å². The molecule has 0 saturated carbocycles. The van der Waals surface area contributed by atoms with Crippen molar-refractivity contribution >= 4 is 17.0 Å². The van der Waals surface area contributed by atoms with Gasteiger partial charge in [-0.2, -0.15) is 0 Å². The van der Waals surface area contributed by atoms with Crippen molar-refractivity contribution in [3.05, 3.63) is 35.5 Å². The monoisotopic (exact) mass is 261 g/mol. The van der Waals surface area contributed by atoms with Crippen LogP contribution in [-0.4, -0.2) is 24.2 Å². The van der Waals surface area contributed by atoms with E-state index in [0.717, 1.165) is 22.9 Å². The van der Waals surface area contributed by atoms with E-state index >= 15 is 0 Å². The highest BCUT2D eigenvalue weighted by Crippen LogP contribution is 2.20. The first-order valence-electron chi connectivity index (χ1n) is 6.44. The molecule has 4 N–H and O–H groups in total. The van der Waals surface area contributed by atoms with Crippen LogP contribution in [0.5, 0.6) is 0 Å². The summed E-state index contributed by atoms with van der Waals surface area (Å²) in [5.74, 6) is 0. The van der Waals surface area contributed by atoms with Crippen molar-refractivity contribution < 1.29 is 9.53 Å². The Morgan fingerprint density at radius 3 is 3.05 bits per heavy atom. The molecule has 1 heterocycles. The number of amides is 1. The van der Waals surface area contributed by atoms with E-state index in [1.54, 1.807) is 6.92 Å². The summed E-state index contributed by atoms with van der Waals surface area (Å²) in [6.07, 6.45) is 2.44. The van der Waals surface area contributed by atoms with Crippen LogP contribution in [0.2, 0.25) is 0 Å². The Kier molecular flexibility index (Phi) is 4.41. The van der Waals surface area contributed by atoms with Crippen LogP contribution in [-0.2, 0) is 17.7 Å². The number of benzene rings is 1. The van der Waals surface area contributed by atoms with Gasteiger partial charge in [-0.05, 0) is 43.1 Å². The molecule has 5 nitrogen and oxygen atoms in total. The molecule has 1 aromatic carbocycles. The minimum Gasteiger partial charge on any atom is -0.450 e. The van der Waals surface area contributed by atoms with Gasteiger partial charge in [0, 0.05) is 23.6 Å². The Bertz CT molecular complexity index is 563. The van der Waals surface area contributed by atoms with E-state index in [9.17, 15) is 4.79 Å². The fraction of sp³-hybridized carbons (Fsp3) is 0.357. The molecule has 2 aromatic rings. The Morgan fingerprint density at radius 2 is 2.32 bits per heavy atom. The lowest BCUT2D eigenvalue weighted by atomic mass is 10.1. The maximum absolute atomic E-state index is 11.2. The smallest absolute Gasteiger partial charge is 0.407 e. The van der Waals surface area contributed by atoms with Gasteiger partial charge in [0.15, 0.2) is 0 Å². The molecule has 0 aliphatic rings. The van der Waals surface area contributed by atoms with Gasteiger partial charge in [0.2, 0.25) is 0 Å². The van der Waals surface area contributed by atoms with Crippen molar-refractivity contribution in [3.8, 4) is 0 Å². The molecule has 0 aliphatic heterocycles. The standard InChI is InChI=1S/C14H19N3O2/c1-2-19-14(18)17-8-10-3-4-13-12(7-10)11(5-6-15)9-16-13/h3-4,7,9,16H,2,5-6,8,15H2,1H3,(H,17,18). The van der Waals surface area contributed by atoms with Crippen LogP contribution in [0, 0.1) is 0 Å². The first-order chi connectivity index (χ1) is 9.24. The molecule has 0 radical (unpaired) electrons. The Labute approximate surface area is 112 Å². The second-order valence-corrected chi connectivity index (χ2v) is 4.31. The summed E-state index contributed by atoms with van der Waals surface area (Å²) in [4.78, 5) is 14.5. The summed E-state index contributed by atoms with van der Waals surface area (Å²) in [6.45, 7) is 3.24. The van der Waals surface area contributed by atoms with Crippen molar-refractivity contribution in [3.63, 3.8) is 0 Å². The van der Waals surface area contributed by atoms with E-state index in [1.807, 2.05) is 18.3 Å². The minimum atomic E-state index is -0.390. The zero-order valence-electron chi connectivity index (χ0n) is 11.0. The van der Waals surface area contributed by atoms with Gasteiger partial charge in [0.25, 0.3) is 0 Å². The molecule has 0 unspecified atom stereocenters. The fourth-order valence-corrected chi connectivity index (χ4v) is 2.05. The van der Waals surface area contributed by atoms with E-state index in [4.69, 9.17) is 10.5 Å². The van der Waals surface area contributed by atoms with Crippen LogP contribution in [0.15, 0.2) is 24.4 Å². The molecule has 0 fully saturated rings. The zero-order chi connectivity index (χ0) is 13.7. The molecule has 1 aromatic heterocycles. The van der Waals surface area contributed by atoms with Crippen LogP contribution in [0.4, 0.5) is 4.79 Å². The quantitative estimate of drug-likeness (QED) is 0.769. The molecule has 0 spiro atoms. The number of carbonyl (C=O) groups is 1. The van der Waals surface area contributed by atoms with Crippen LogP contribution < -0.4 is 11.1 Å². The van der Waals surface area contributed by atoms with Gasteiger partial charge in [0.1, 0.15) is 0 Å². The van der Waals surface area contributed by atoms with E-state index in [-0.39, 0.29) is 6.09 Å². The van der Waals surface area contributed by atoms with Crippen LogP contribution >= 0.6 is 0 Å². The topological polar surface area (TPSA) is 80.1 Å². The van der Waals surface area contributed by atoms with Crippen molar-refractivity contribution in [1.29, 1.82) is 0 Å². The van der Waals surface area contributed by atoms with E-state index in [0.29, 0.717) is 19.7 Å². The molecule has 102 valence electrons. The maximum atomic E-state index is 11.2. The molecule has 5 heteroatoms. The van der Waals surface area contributed by atoms with Gasteiger partial charge >= 0.3 is 6.09 Å². The average Bonchev–Trinajstić information content (AvgIpc) is 2.80. The third kappa shape index (κ3) is 3.26. The highest BCUT2D eigenvalue weighted by Gasteiger charge is 2.05. The van der Waals surface area contributed by atoms with Gasteiger partial charge in [-0.25, -0.2) is 4.79 Å². The average molecular weight is 261 g/mol. The van der Waals surface area contributed by atoms with Crippen LogP contribution in [0.1, 0.15) is 18.1 Å². The van der Waals surface area contributed by atoms with Gasteiger partial charge in [-0.3, -0.25) is 0 Å².